The van der Waals surface area contributed by atoms with E-state index in [1.807, 2.05) is 25.1 Å². The number of hydrogen-bond donors (Lipinski definition) is 3. The number of aryl methyl sites for hydroxylation is 1. The van der Waals surface area contributed by atoms with Gasteiger partial charge in [0.2, 0.25) is 11.8 Å². The lowest BCUT2D eigenvalue weighted by atomic mass is 9.80. The Morgan fingerprint density at radius 1 is 0.900 bits per heavy atom. The average Bonchev–Trinajstić information content (AvgIpc) is 2.71. The first kappa shape index (κ1) is 22.0. The second-order valence-corrected chi connectivity index (χ2v) is 8.63. The largest absolute Gasteiger partial charge is 0.338 e. The van der Waals surface area contributed by atoms with E-state index in [2.05, 4.69) is 31.9 Å². The Balaban J connectivity index is 1.77. The highest BCUT2D eigenvalue weighted by Gasteiger charge is 2.41. The van der Waals surface area contributed by atoms with Gasteiger partial charge in [0.15, 0.2) is 0 Å². The van der Waals surface area contributed by atoms with Crippen molar-refractivity contribution in [3.63, 3.8) is 0 Å². The Morgan fingerprint density at radius 3 is 2.13 bits per heavy atom. The van der Waals surface area contributed by atoms with Crippen molar-refractivity contribution in [2.45, 2.75) is 51.5 Å². The molecule has 1 aliphatic carbocycles. The summed E-state index contributed by atoms with van der Waals surface area (Å²) in [6, 6.07) is 12.3. The van der Waals surface area contributed by atoms with Crippen LogP contribution in [0.3, 0.4) is 0 Å². The first-order valence-corrected chi connectivity index (χ1v) is 10.9. The highest BCUT2D eigenvalue weighted by atomic mass is 79.9. The first-order chi connectivity index (χ1) is 14.3. The number of hydrogen-bond acceptors (Lipinski definition) is 3. The SMILES string of the molecule is CC(=O)Nc1ccc(C(=O)NC2(C(=O)Nc3ccc(C)c(Br)c3)CCCCC2)cc1. The fourth-order valence-electron chi connectivity index (χ4n) is 3.68. The van der Waals surface area contributed by atoms with Gasteiger partial charge in [-0.2, -0.15) is 0 Å². The summed E-state index contributed by atoms with van der Waals surface area (Å²) in [5, 5.41) is 8.66. The maximum absolute atomic E-state index is 13.2. The van der Waals surface area contributed by atoms with Crippen LogP contribution >= 0.6 is 15.9 Å². The number of rotatable bonds is 5. The molecule has 0 saturated heterocycles. The maximum atomic E-state index is 13.2. The summed E-state index contributed by atoms with van der Waals surface area (Å²) in [5.41, 5.74) is 1.89. The number of nitrogens with one attached hydrogen (secondary N) is 3. The van der Waals surface area contributed by atoms with Crippen LogP contribution in [0.4, 0.5) is 11.4 Å². The van der Waals surface area contributed by atoms with E-state index in [1.165, 1.54) is 6.92 Å². The van der Waals surface area contributed by atoms with Crippen molar-refractivity contribution in [3.05, 3.63) is 58.1 Å². The van der Waals surface area contributed by atoms with Crippen LogP contribution in [0.25, 0.3) is 0 Å². The van der Waals surface area contributed by atoms with Crippen LogP contribution in [0.5, 0.6) is 0 Å². The summed E-state index contributed by atoms with van der Waals surface area (Å²) in [6.45, 7) is 3.41. The summed E-state index contributed by atoms with van der Waals surface area (Å²) in [5.74, 6) is -0.666. The van der Waals surface area contributed by atoms with E-state index in [9.17, 15) is 14.4 Å². The third-order valence-corrected chi connectivity index (χ3v) is 6.25. The average molecular weight is 472 g/mol. The molecule has 2 aromatic carbocycles. The molecule has 158 valence electrons. The van der Waals surface area contributed by atoms with E-state index in [-0.39, 0.29) is 17.7 Å². The smallest absolute Gasteiger partial charge is 0.252 e. The van der Waals surface area contributed by atoms with Gasteiger partial charge in [0, 0.05) is 28.3 Å². The minimum absolute atomic E-state index is 0.173. The van der Waals surface area contributed by atoms with Gasteiger partial charge in [0.1, 0.15) is 5.54 Å². The summed E-state index contributed by atoms with van der Waals surface area (Å²) >= 11 is 3.49. The van der Waals surface area contributed by atoms with Gasteiger partial charge in [-0.25, -0.2) is 0 Å². The van der Waals surface area contributed by atoms with E-state index in [1.54, 1.807) is 24.3 Å². The number of anilines is 2. The zero-order valence-electron chi connectivity index (χ0n) is 17.2. The van der Waals surface area contributed by atoms with Crippen LogP contribution < -0.4 is 16.0 Å². The zero-order chi connectivity index (χ0) is 21.7. The molecule has 7 heteroatoms. The van der Waals surface area contributed by atoms with E-state index in [4.69, 9.17) is 0 Å². The summed E-state index contributed by atoms with van der Waals surface area (Å²) in [7, 11) is 0. The number of halogens is 1. The molecule has 30 heavy (non-hydrogen) atoms. The molecule has 3 amide bonds. The predicted molar refractivity (Wildman–Crippen MR) is 122 cm³/mol. The molecule has 0 radical (unpaired) electrons. The molecule has 1 fully saturated rings. The molecule has 0 spiro atoms. The maximum Gasteiger partial charge on any atom is 0.252 e. The van der Waals surface area contributed by atoms with Crippen LogP contribution in [0, 0.1) is 6.92 Å². The first-order valence-electron chi connectivity index (χ1n) is 10.1. The fraction of sp³-hybridized carbons (Fsp3) is 0.348. The molecule has 6 nitrogen and oxygen atoms in total. The monoisotopic (exact) mass is 471 g/mol. The van der Waals surface area contributed by atoms with Crippen LogP contribution in [0.1, 0.15) is 54.9 Å². The van der Waals surface area contributed by atoms with E-state index in [0.717, 1.165) is 29.3 Å². The van der Waals surface area contributed by atoms with E-state index in [0.29, 0.717) is 29.8 Å². The molecule has 3 N–H and O–H groups in total. The normalized spacial score (nSPS) is 15.2. The Morgan fingerprint density at radius 2 is 1.53 bits per heavy atom. The summed E-state index contributed by atoms with van der Waals surface area (Å²) < 4.78 is 0.918. The second kappa shape index (κ2) is 9.43. The Labute approximate surface area is 184 Å². The van der Waals surface area contributed by atoms with Crippen molar-refractivity contribution in [2.75, 3.05) is 10.6 Å². The van der Waals surface area contributed by atoms with Gasteiger partial charge < -0.3 is 16.0 Å². The summed E-state index contributed by atoms with van der Waals surface area (Å²) in [6.07, 6.45) is 4.01. The molecule has 0 aromatic heterocycles. The zero-order valence-corrected chi connectivity index (χ0v) is 18.8. The van der Waals surface area contributed by atoms with Crippen molar-refractivity contribution >= 4 is 45.0 Å². The molecule has 0 heterocycles. The van der Waals surface area contributed by atoms with Crippen molar-refractivity contribution in [2.24, 2.45) is 0 Å². The minimum Gasteiger partial charge on any atom is -0.338 e. The highest BCUT2D eigenvalue weighted by molar-refractivity contribution is 9.10. The molecular weight excluding hydrogens is 446 g/mol. The standard InChI is InChI=1S/C23H26BrN3O3/c1-15-6-9-19(14-20(15)24)26-22(30)23(12-4-3-5-13-23)27-21(29)17-7-10-18(11-8-17)25-16(2)28/h6-11,14H,3-5,12-13H2,1-2H3,(H,25,28)(H,26,30)(H,27,29). The molecule has 0 bridgehead atoms. The molecule has 0 unspecified atom stereocenters. The quantitative estimate of drug-likeness (QED) is 0.585. The lowest BCUT2D eigenvalue weighted by Gasteiger charge is -2.36. The second-order valence-electron chi connectivity index (χ2n) is 7.77. The van der Waals surface area contributed by atoms with E-state index >= 15 is 0 Å². The Kier molecular flexibility index (Phi) is 6.92. The lowest BCUT2D eigenvalue weighted by Crippen LogP contribution is -2.57. The van der Waals surface area contributed by atoms with Crippen LogP contribution in [0.15, 0.2) is 46.9 Å². The van der Waals surface area contributed by atoms with Crippen LogP contribution in [0.2, 0.25) is 0 Å². The van der Waals surface area contributed by atoms with Gasteiger partial charge in [-0.05, 0) is 61.7 Å². The van der Waals surface area contributed by atoms with Crippen molar-refractivity contribution in [3.8, 4) is 0 Å². The number of amides is 3. The van der Waals surface area contributed by atoms with Gasteiger partial charge in [-0.3, -0.25) is 14.4 Å². The molecule has 0 aliphatic heterocycles. The van der Waals surface area contributed by atoms with Gasteiger partial charge in [-0.1, -0.05) is 41.3 Å². The third kappa shape index (κ3) is 5.27. The third-order valence-electron chi connectivity index (χ3n) is 5.39. The summed E-state index contributed by atoms with van der Waals surface area (Å²) in [4.78, 5) is 37.3. The fourth-order valence-corrected chi connectivity index (χ4v) is 4.06. The van der Waals surface area contributed by atoms with Crippen molar-refractivity contribution in [1.82, 2.24) is 5.32 Å². The van der Waals surface area contributed by atoms with Gasteiger partial charge >= 0.3 is 0 Å². The Hall–Kier alpha value is -2.67. The molecule has 3 rings (SSSR count). The molecule has 1 aliphatic rings. The highest BCUT2D eigenvalue weighted by Crippen LogP contribution is 2.31. The van der Waals surface area contributed by atoms with Gasteiger partial charge in [-0.15, -0.1) is 0 Å². The van der Waals surface area contributed by atoms with Gasteiger partial charge in [0.25, 0.3) is 5.91 Å². The molecular formula is C23H26BrN3O3. The number of benzene rings is 2. The topological polar surface area (TPSA) is 87.3 Å². The van der Waals surface area contributed by atoms with E-state index < -0.39 is 5.54 Å². The van der Waals surface area contributed by atoms with Crippen LogP contribution in [-0.4, -0.2) is 23.3 Å². The predicted octanol–water partition coefficient (Wildman–Crippen LogP) is 4.79. The lowest BCUT2D eigenvalue weighted by molar-refractivity contribution is -0.123. The van der Waals surface area contributed by atoms with Crippen LogP contribution in [-0.2, 0) is 9.59 Å². The number of carbonyl (C=O) groups is 3. The molecule has 2 aromatic rings. The number of carbonyl (C=O) groups excluding carboxylic acids is 3. The Bertz CT molecular complexity index is 951. The minimum atomic E-state index is -0.941. The van der Waals surface area contributed by atoms with Crippen molar-refractivity contribution in [1.29, 1.82) is 0 Å². The molecule has 0 atom stereocenters. The van der Waals surface area contributed by atoms with Crippen molar-refractivity contribution < 1.29 is 14.4 Å². The molecule has 1 saturated carbocycles. The van der Waals surface area contributed by atoms with Gasteiger partial charge in [0.05, 0.1) is 0 Å².